The van der Waals surface area contributed by atoms with Gasteiger partial charge in [-0.05, 0) is 12.7 Å². The van der Waals surface area contributed by atoms with Crippen LogP contribution in [0, 0.1) is 6.07 Å². The van der Waals surface area contributed by atoms with Crippen LogP contribution in [0.1, 0.15) is 0 Å². The number of rotatable bonds is 4. The van der Waals surface area contributed by atoms with Crippen molar-refractivity contribution in [3.63, 3.8) is 0 Å². The first kappa shape index (κ1) is 18.1. The summed E-state index contributed by atoms with van der Waals surface area (Å²) in [6, 6.07) is 14.0. The van der Waals surface area contributed by atoms with Gasteiger partial charge in [0.2, 0.25) is 0 Å². The molecule has 0 saturated heterocycles. The molecule has 1 N–H and O–H groups in total. The summed E-state index contributed by atoms with van der Waals surface area (Å²) in [5.41, 5.74) is 1.52. The van der Waals surface area contributed by atoms with E-state index in [0.717, 1.165) is 11.4 Å². The smallest absolute Gasteiger partial charge is 0.0718 e. The van der Waals surface area contributed by atoms with Gasteiger partial charge in [-0.1, -0.05) is 30.1 Å². The van der Waals surface area contributed by atoms with Crippen LogP contribution in [0.4, 0.5) is 17.2 Å². The summed E-state index contributed by atoms with van der Waals surface area (Å²) in [5.74, 6) is 0.610. The Hall–Kier alpha value is -0.879. The van der Waals surface area contributed by atoms with Gasteiger partial charge in [-0.2, -0.15) is 6.07 Å². The molecule has 0 saturated carbocycles. The Morgan fingerprint density at radius 2 is 2.00 bits per heavy atom. The number of hydrogen-bond donors (Lipinski definition) is 1. The van der Waals surface area contributed by atoms with Crippen LogP contribution >= 0.6 is 0 Å². The fourth-order valence-electron chi connectivity index (χ4n) is 1.44. The van der Waals surface area contributed by atoms with Crippen LogP contribution in [0.5, 0.6) is 0 Å². The normalized spacial score (nSPS) is 8.68. The van der Waals surface area contributed by atoms with Crippen molar-refractivity contribution in [3.8, 4) is 0 Å². The van der Waals surface area contributed by atoms with Crippen molar-refractivity contribution in [2.45, 2.75) is 0 Å². The maximum Gasteiger partial charge on any atom is 0.0718 e. The van der Waals surface area contributed by atoms with E-state index in [2.05, 4.69) is 16.4 Å². The fraction of sp³-hybridized carbons (Fsp3) is 0.0769. The first-order chi connectivity index (χ1) is 8.31. The summed E-state index contributed by atoms with van der Waals surface area (Å²) in [6.45, 7) is 0. The van der Waals surface area contributed by atoms with Crippen molar-refractivity contribution < 1.29 is 49.6 Å². The van der Waals surface area contributed by atoms with E-state index < -0.39 is 0 Å². The van der Waals surface area contributed by atoms with Crippen LogP contribution < -0.4 is 10.2 Å². The third-order valence-corrected chi connectivity index (χ3v) is 2.26. The molecule has 0 aliphatic rings. The van der Waals surface area contributed by atoms with Crippen LogP contribution in [-0.4, -0.2) is 18.4 Å². The number of para-hydroxylation sites is 2. The van der Waals surface area contributed by atoms with Gasteiger partial charge in [-0.15, -0.1) is 6.07 Å². The first-order valence-electron chi connectivity index (χ1n) is 5.11. The summed E-state index contributed by atoms with van der Waals surface area (Å²) >= 11 is 0. The SMILES string of the molecule is CN([C-]=O)c1ccccc1Nc1[c-]cccn1.[Ag].[Ag]. The van der Waals surface area contributed by atoms with Crippen LogP contribution in [0.25, 0.3) is 0 Å². The van der Waals surface area contributed by atoms with Gasteiger partial charge in [0.25, 0.3) is 0 Å². The molecule has 108 valence electrons. The number of pyridine rings is 1. The standard InChI is InChI=1S/C13H11N3O.2Ag/c1-16(10-17)12-7-3-2-6-11(12)15-13-8-4-5-9-14-13;;/h2-7,9H,1H3,(H,14,15);;/q-2;;. The number of hydrogen-bond acceptors (Lipinski definition) is 3. The number of carbonyl (C=O) groups excluding carboxylic acids is 1. The molecule has 0 atom stereocenters. The molecule has 0 bridgehead atoms. The molecule has 1 amide bonds. The van der Waals surface area contributed by atoms with Crippen molar-refractivity contribution in [1.29, 1.82) is 0 Å². The monoisotopic (exact) mass is 439 g/mol. The van der Waals surface area contributed by atoms with E-state index >= 15 is 0 Å². The Kier molecular flexibility index (Phi) is 8.67. The molecule has 6 heteroatoms. The molecule has 1 heterocycles. The van der Waals surface area contributed by atoms with Crippen molar-refractivity contribution in [3.05, 3.63) is 48.7 Å². The topological polar surface area (TPSA) is 45.2 Å². The van der Waals surface area contributed by atoms with Gasteiger partial charge in [0.05, 0.1) is 6.41 Å². The maximum atomic E-state index is 10.7. The molecule has 2 radical (unpaired) electrons. The Balaban J connectivity index is 0.00000162. The molecular formula is C13H11Ag2N3O-2. The molecule has 4 nitrogen and oxygen atoms in total. The van der Waals surface area contributed by atoms with Gasteiger partial charge in [-0.3, -0.25) is 4.98 Å². The van der Waals surface area contributed by atoms with Crippen LogP contribution in [0.2, 0.25) is 0 Å². The zero-order chi connectivity index (χ0) is 12.1. The molecule has 0 aliphatic carbocycles. The molecule has 0 spiro atoms. The quantitative estimate of drug-likeness (QED) is 0.450. The fourth-order valence-corrected chi connectivity index (χ4v) is 1.44. The number of anilines is 3. The molecular weight excluding hydrogens is 430 g/mol. The van der Waals surface area contributed by atoms with Crippen molar-refractivity contribution in [2.75, 3.05) is 17.3 Å². The molecule has 0 aliphatic heterocycles. The average Bonchev–Trinajstić information content (AvgIpc) is 2.40. The van der Waals surface area contributed by atoms with Crippen LogP contribution in [0.3, 0.4) is 0 Å². The molecule has 2 rings (SSSR count). The summed E-state index contributed by atoms with van der Waals surface area (Å²) in [4.78, 5) is 16.2. The van der Waals surface area contributed by atoms with Gasteiger partial charge in [0.1, 0.15) is 0 Å². The van der Waals surface area contributed by atoms with E-state index in [-0.39, 0.29) is 44.8 Å². The largest absolute Gasteiger partial charge is 0.478 e. The Morgan fingerprint density at radius 1 is 1.26 bits per heavy atom. The predicted octanol–water partition coefficient (Wildman–Crippen LogP) is 2.12. The minimum atomic E-state index is 0. The van der Waals surface area contributed by atoms with Crippen LogP contribution in [0.15, 0.2) is 42.6 Å². The van der Waals surface area contributed by atoms with E-state index in [1.165, 1.54) is 4.90 Å². The van der Waals surface area contributed by atoms with E-state index in [4.69, 9.17) is 0 Å². The molecule has 19 heavy (non-hydrogen) atoms. The second kappa shape index (κ2) is 9.09. The molecule has 0 fully saturated rings. The summed E-state index contributed by atoms with van der Waals surface area (Å²) < 4.78 is 0. The predicted molar refractivity (Wildman–Crippen MR) is 66.9 cm³/mol. The zero-order valence-corrected chi connectivity index (χ0v) is 12.9. The number of nitrogens with one attached hydrogen (secondary N) is 1. The van der Waals surface area contributed by atoms with Gasteiger partial charge < -0.3 is 15.0 Å². The summed E-state index contributed by atoms with van der Waals surface area (Å²) in [7, 11) is 1.65. The zero-order valence-electron chi connectivity index (χ0n) is 9.95. The van der Waals surface area contributed by atoms with Crippen molar-refractivity contribution >= 4 is 23.6 Å². The van der Waals surface area contributed by atoms with Gasteiger partial charge in [-0.25, -0.2) is 12.1 Å². The summed E-state index contributed by atoms with van der Waals surface area (Å²) in [6.07, 6.45) is 3.50. The Bertz CT molecular complexity index is 508. The second-order valence-electron chi connectivity index (χ2n) is 3.42. The van der Waals surface area contributed by atoms with E-state index in [0.29, 0.717) is 5.82 Å². The van der Waals surface area contributed by atoms with Gasteiger partial charge >= 0.3 is 0 Å². The van der Waals surface area contributed by atoms with Crippen molar-refractivity contribution in [2.24, 2.45) is 0 Å². The maximum absolute atomic E-state index is 10.7. The van der Waals surface area contributed by atoms with E-state index in [9.17, 15) is 4.79 Å². The number of amides is 1. The summed E-state index contributed by atoms with van der Waals surface area (Å²) in [5, 5.41) is 3.10. The number of aromatic nitrogens is 1. The third kappa shape index (κ3) is 4.95. The third-order valence-electron chi connectivity index (χ3n) is 2.26. The molecule has 0 unspecified atom stereocenters. The minimum absolute atomic E-state index is 0. The molecule has 1 aromatic carbocycles. The first-order valence-corrected chi connectivity index (χ1v) is 5.11. The Morgan fingerprint density at radius 3 is 2.63 bits per heavy atom. The van der Waals surface area contributed by atoms with E-state index in [1.54, 1.807) is 25.4 Å². The average molecular weight is 441 g/mol. The Labute approximate surface area is 143 Å². The second-order valence-corrected chi connectivity index (χ2v) is 3.42. The molecule has 2 aromatic rings. The number of benzene rings is 1. The number of nitrogens with zero attached hydrogens (tertiary/aromatic N) is 2. The molecule has 1 aromatic heterocycles. The van der Waals surface area contributed by atoms with Crippen molar-refractivity contribution in [1.82, 2.24) is 4.98 Å². The van der Waals surface area contributed by atoms with E-state index in [1.807, 2.05) is 30.7 Å². The van der Waals surface area contributed by atoms with Crippen LogP contribution in [-0.2, 0) is 49.6 Å². The van der Waals surface area contributed by atoms with Gasteiger partial charge in [0, 0.05) is 50.6 Å². The minimum Gasteiger partial charge on any atom is -0.478 e. The van der Waals surface area contributed by atoms with Gasteiger partial charge in [0.15, 0.2) is 0 Å².